The minimum atomic E-state index is -0.370. The van der Waals surface area contributed by atoms with Crippen LogP contribution in [0.15, 0.2) is 48.8 Å². The summed E-state index contributed by atoms with van der Waals surface area (Å²) in [5.41, 5.74) is 3.12. The van der Waals surface area contributed by atoms with Crippen molar-refractivity contribution in [2.75, 3.05) is 32.8 Å². The molecule has 2 bridgehead atoms. The van der Waals surface area contributed by atoms with Gasteiger partial charge in [-0.25, -0.2) is 0 Å². The Morgan fingerprint density at radius 3 is 2.87 bits per heavy atom. The highest BCUT2D eigenvalue weighted by atomic mass is 16.5. The van der Waals surface area contributed by atoms with Gasteiger partial charge in [-0.05, 0) is 24.1 Å². The topological polar surface area (TPSA) is 65.9 Å². The van der Waals surface area contributed by atoms with E-state index in [0.29, 0.717) is 19.5 Å². The first-order valence-electron chi connectivity index (χ1n) is 10.8. The maximum Gasteiger partial charge on any atom is 0.227 e. The van der Waals surface area contributed by atoms with Crippen LogP contribution in [0.3, 0.4) is 0 Å². The van der Waals surface area contributed by atoms with Gasteiger partial charge in [0.15, 0.2) is 0 Å². The number of aromatic nitrogens is 1. The first-order valence-corrected chi connectivity index (χ1v) is 10.8. The van der Waals surface area contributed by atoms with Gasteiger partial charge in [0, 0.05) is 57.0 Å². The van der Waals surface area contributed by atoms with E-state index in [1.54, 1.807) is 12.4 Å². The van der Waals surface area contributed by atoms with Gasteiger partial charge in [-0.2, -0.15) is 0 Å². The van der Waals surface area contributed by atoms with Gasteiger partial charge in [-0.1, -0.05) is 35.9 Å². The van der Waals surface area contributed by atoms with E-state index in [2.05, 4.69) is 41.1 Å². The van der Waals surface area contributed by atoms with Crippen LogP contribution in [0, 0.1) is 18.8 Å². The fourth-order valence-corrected chi connectivity index (χ4v) is 5.70. The maximum absolute atomic E-state index is 13.0. The summed E-state index contributed by atoms with van der Waals surface area (Å²) in [5, 5.41) is 10.1. The Bertz CT molecular complexity index is 921. The summed E-state index contributed by atoms with van der Waals surface area (Å²) in [6, 6.07) is 12.4. The molecule has 3 saturated heterocycles. The molecule has 6 heteroatoms. The maximum atomic E-state index is 13.0. The number of pyridine rings is 1. The molecule has 6 nitrogen and oxygen atoms in total. The van der Waals surface area contributed by atoms with Crippen molar-refractivity contribution in [3.05, 3.63) is 65.5 Å². The zero-order valence-corrected chi connectivity index (χ0v) is 17.4. The zero-order valence-electron chi connectivity index (χ0n) is 17.4. The number of nitrogens with zero attached hydrogens (tertiary/aromatic N) is 3. The van der Waals surface area contributed by atoms with Crippen LogP contribution < -0.4 is 0 Å². The number of carbonyl (C=O) groups is 1. The summed E-state index contributed by atoms with van der Waals surface area (Å²) >= 11 is 0. The lowest BCUT2D eigenvalue weighted by Crippen LogP contribution is -2.56. The molecule has 1 N–H and O–H groups in total. The highest BCUT2D eigenvalue weighted by molar-refractivity contribution is 5.79. The molecular formula is C24H29N3O3. The van der Waals surface area contributed by atoms with Gasteiger partial charge in [0.25, 0.3) is 0 Å². The second-order valence-corrected chi connectivity index (χ2v) is 9.14. The molecular weight excluding hydrogens is 378 g/mol. The molecule has 1 spiro atoms. The smallest absolute Gasteiger partial charge is 0.227 e. The molecule has 158 valence electrons. The van der Waals surface area contributed by atoms with Crippen molar-refractivity contribution >= 4 is 5.91 Å². The molecule has 0 aliphatic carbocycles. The van der Waals surface area contributed by atoms with E-state index in [-0.39, 0.29) is 36.1 Å². The summed E-state index contributed by atoms with van der Waals surface area (Å²) in [4.78, 5) is 21.5. The molecule has 1 aromatic heterocycles. The standard InChI is InChI=1S/C24H29N3O3/c1-17-4-2-5-19(8-17)11-26-12-21-20(14-28)22-13-27(16-24(21,15-26)30-22)23(29)9-18-6-3-7-25-10-18/h2-8,10,20-22,28H,9,11-16H2,1H3/t20-,21+,22+,24-/m0/s1. The van der Waals surface area contributed by atoms with E-state index < -0.39 is 0 Å². The van der Waals surface area contributed by atoms with Gasteiger partial charge in [-0.15, -0.1) is 0 Å². The normalized spacial score (nSPS) is 30.5. The molecule has 4 heterocycles. The number of hydrogen-bond donors (Lipinski definition) is 1. The number of amides is 1. The molecule has 2 aromatic rings. The van der Waals surface area contributed by atoms with Gasteiger partial charge >= 0.3 is 0 Å². The van der Waals surface area contributed by atoms with Crippen LogP contribution in [0.2, 0.25) is 0 Å². The van der Waals surface area contributed by atoms with Crippen molar-refractivity contribution in [1.82, 2.24) is 14.8 Å². The molecule has 30 heavy (non-hydrogen) atoms. The summed E-state index contributed by atoms with van der Waals surface area (Å²) in [6.07, 6.45) is 3.76. The van der Waals surface area contributed by atoms with Crippen molar-refractivity contribution in [3.8, 4) is 0 Å². The number of carbonyl (C=O) groups excluding carboxylic acids is 1. The van der Waals surface area contributed by atoms with E-state index in [1.165, 1.54) is 11.1 Å². The van der Waals surface area contributed by atoms with Gasteiger partial charge in [0.1, 0.15) is 5.60 Å². The lowest BCUT2D eigenvalue weighted by molar-refractivity contribution is -0.153. The van der Waals surface area contributed by atoms with Crippen LogP contribution in [0.4, 0.5) is 0 Å². The number of benzene rings is 1. The van der Waals surface area contributed by atoms with Crippen LogP contribution in [0.25, 0.3) is 0 Å². The largest absolute Gasteiger partial charge is 0.396 e. The van der Waals surface area contributed by atoms with Crippen LogP contribution in [0.5, 0.6) is 0 Å². The first kappa shape index (κ1) is 19.7. The molecule has 5 rings (SSSR count). The molecule has 1 amide bonds. The molecule has 1 aromatic carbocycles. The van der Waals surface area contributed by atoms with Crippen molar-refractivity contribution in [1.29, 1.82) is 0 Å². The van der Waals surface area contributed by atoms with Crippen molar-refractivity contribution in [3.63, 3.8) is 0 Å². The Kier molecular flexibility index (Phi) is 5.09. The number of aliphatic hydroxyl groups excluding tert-OH is 1. The number of aliphatic hydroxyl groups is 1. The highest BCUT2D eigenvalue weighted by Crippen LogP contribution is 2.49. The third-order valence-electron chi connectivity index (χ3n) is 6.99. The number of fused-ring (bicyclic) bond motifs is 1. The van der Waals surface area contributed by atoms with Gasteiger partial charge in [-0.3, -0.25) is 14.7 Å². The van der Waals surface area contributed by atoms with Gasteiger partial charge in [0.2, 0.25) is 5.91 Å². The molecule has 3 aliphatic rings. The lowest BCUT2D eigenvalue weighted by Gasteiger charge is -2.40. The fraction of sp³-hybridized carbons (Fsp3) is 0.500. The SMILES string of the molecule is Cc1cccc(CN2C[C@@H]3[C@H](CO)[C@H]4CN(C(=O)Cc5cccnc5)C[C@]3(C2)O4)c1. The molecule has 4 atom stereocenters. The van der Waals surface area contributed by atoms with Gasteiger partial charge < -0.3 is 14.7 Å². The minimum Gasteiger partial charge on any atom is -0.396 e. The minimum absolute atomic E-state index is 0.0762. The first-order chi connectivity index (χ1) is 14.6. The van der Waals surface area contributed by atoms with Crippen LogP contribution in [-0.4, -0.2) is 70.3 Å². The van der Waals surface area contributed by atoms with Crippen molar-refractivity contribution < 1.29 is 14.6 Å². The predicted molar refractivity (Wildman–Crippen MR) is 113 cm³/mol. The summed E-state index contributed by atoms with van der Waals surface area (Å²) in [5.74, 6) is 0.461. The summed E-state index contributed by atoms with van der Waals surface area (Å²) in [6.45, 7) is 5.98. The van der Waals surface area contributed by atoms with E-state index >= 15 is 0 Å². The number of hydrogen-bond acceptors (Lipinski definition) is 5. The summed E-state index contributed by atoms with van der Waals surface area (Å²) in [7, 11) is 0. The second kappa shape index (κ2) is 7.76. The Morgan fingerprint density at radius 1 is 1.23 bits per heavy atom. The van der Waals surface area contributed by atoms with Crippen LogP contribution in [0.1, 0.15) is 16.7 Å². The van der Waals surface area contributed by atoms with Crippen LogP contribution >= 0.6 is 0 Å². The van der Waals surface area contributed by atoms with Gasteiger partial charge in [0.05, 0.1) is 19.1 Å². The Hall–Kier alpha value is -2.28. The Balaban J connectivity index is 1.33. The number of ether oxygens (including phenoxy) is 1. The van der Waals surface area contributed by atoms with E-state index in [1.807, 2.05) is 17.0 Å². The molecule has 3 aliphatic heterocycles. The van der Waals surface area contributed by atoms with Crippen molar-refractivity contribution in [2.24, 2.45) is 11.8 Å². The lowest BCUT2D eigenvalue weighted by atomic mass is 9.83. The zero-order chi connectivity index (χ0) is 20.7. The summed E-state index contributed by atoms with van der Waals surface area (Å²) < 4.78 is 6.53. The molecule has 0 radical (unpaired) electrons. The Morgan fingerprint density at radius 2 is 2.10 bits per heavy atom. The molecule has 3 fully saturated rings. The average Bonchev–Trinajstić information content (AvgIpc) is 3.15. The van der Waals surface area contributed by atoms with Crippen LogP contribution in [-0.2, 0) is 22.5 Å². The predicted octanol–water partition coefficient (Wildman–Crippen LogP) is 1.65. The number of morpholine rings is 1. The average molecular weight is 408 g/mol. The third kappa shape index (κ3) is 3.53. The second-order valence-electron chi connectivity index (χ2n) is 9.14. The van der Waals surface area contributed by atoms with E-state index in [0.717, 1.165) is 25.2 Å². The Labute approximate surface area is 177 Å². The number of aryl methyl sites for hydroxylation is 1. The molecule has 0 unspecified atom stereocenters. The highest BCUT2D eigenvalue weighted by Gasteiger charge is 2.62. The van der Waals surface area contributed by atoms with E-state index in [4.69, 9.17) is 4.74 Å². The fourth-order valence-electron chi connectivity index (χ4n) is 5.70. The third-order valence-corrected chi connectivity index (χ3v) is 6.99. The number of likely N-dealkylation sites (tertiary alicyclic amines) is 2. The number of rotatable bonds is 5. The van der Waals surface area contributed by atoms with Crippen molar-refractivity contribution in [2.45, 2.75) is 31.6 Å². The quantitative estimate of drug-likeness (QED) is 0.817. The van der Waals surface area contributed by atoms with E-state index in [9.17, 15) is 9.90 Å². The monoisotopic (exact) mass is 407 g/mol. The molecule has 0 saturated carbocycles.